The van der Waals surface area contributed by atoms with E-state index in [-0.39, 0.29) is 0 Å². The van der Waals surface area contributed by atoms with Crippen LogP contribution < -0.4 is 0 Å². The molecule has 0 fully saturated rings. The first kappa shape index (κ1) is 15.9. The number of rotatable bonds is 6. The summed E-state index contributed by atoms with van der Waals surface area (Å²) in [6.07, 6.45) is 0.841. The maximum absolute atomic E-state index is 5.92. The second kappa shape index (κ2) is 8.11. The highest BCUT2D eigenvalue weighted by atomic mass is 35.5. The topological polar surface area (TPSA) is 21.6 Å². The standard InChI is InChI=1S/C17H18ClNOS/c1-13-3-9-16(10-4-13)21-12-11-17(19-20-2)14-5-7-15(18)8-6-14/h3-10H,11-12H2,1-2H3/b19-17-. The molecular formula is C17H18ClNOS. The zero-order chi connectivity index (χ0) is 15.1. The zero-order valence-electron chi connectivity index (χ0n) is 12.2. The first-order chi connectivity index (χ1) is 10.2. The minimum Gasteiger partial charge on any atom is -0.399 e. The van der Waals surface area contributed by atoms with Gasteiger partial charge >= 0.3 is 0 Å². The van der Waals surface area contributed by atoms with Gasteiger partial charge in [-0.15, -0.1) is 11.8 Å². The van der Waals surface area contributed by atoms with Crippen molar-refractivity contribution in [3.8, 4) is 0 Å². The molecule has 0 N–H and O–H groups in total. The molecule has 0 bridgehead atoms. The SMILES string of the molecule is CO/N=C(/CCSc1ccc(C)cc1)c1ccc(Cl)cc1. The van der Waals surface area contributed by atoms with Gasteiger partial charge in [0.1, 0.15) is 7.11 Å². The molecule has 0 spiro atoms. The number of hydrogen-bond donors (Lipinski definition) is 0. The van der Waals surface area contributed by atoms with E-state index >= 15 is 0 Å². The molecule has 0 saturated heterocycles. The Hall–Kier alpha value is -1.45. The minimum absolute atomic E-state index is 0.726. The molecule has 0 saturated carbocycles. The lowest BCUT2D eigenvalue weighted by Gasteiger charge is -2.06. The quantitative estimate of drug-likeness (QED) is 0.415. The summed E-state index contributed by atoms with van der Waals surface area (Å²) >= 11 is 7.73. The van der Waals surface area contributed by atoms with Crippen molar-refractivity contribution in [1.82, 2.24) is 0 Å². The van der Waals surface area contributed by atoms with Crippen LogP contribution in [-0.4, -0.2) is 18.6 Å². The molecule has 110 valence electrons. The van der Waals surface area contributed by atoms with E-state index in [1.165, 1.54) is 10.5 Å². The largest absolute Gasteiger partial charge is 0.399 e. The number of thioether (sulfide) groups is 1. The predicted octanol–water partition coefficient (Wildman–Crippen LogP) is 5.18. The van der Waals surface area contributed by atoms with Crippen molar-refractivity contribution in [3.05, 3.63) is 64.7 Å². The first-order valence-corrected chi connectivity index (χ1v) is 8.11. The van der Waals surface area contributed by atoms with E-state index in [4.69, 9.17) is 16.4 Å². The first-order valence-electron chi connectivity index (χ1n) is 6.74. The summed E-state index contributed by atoms with van der Waals surface area (Å²) in [5, 5.41) is 4.86. The number of benzene rings is 2. The average Bonchev–Trinajstić information content (AvgIpc) is 2.49. The highest BCUT2D eigenvalue weighted by molar-refractivity contribution is 7.99. The summed E-state index contributed by atoms with van der Waals surface area (Å²) in [6, 6.07) is 16.2. The summed E-state index contributed by atoms with van der Waals surface area (Å²) in [5.41, 5.74) is 3.27. The summed E-state index contributed by atoms with van der Waals surface area (Å²) in [7, 11) is 1.57. The fraction of sp³-hybridized carbons (Fsp3) is 0.235. The Labute approximate surface area is 135 Å². The molecule has 21 heavy (non-hydrogen) atoms. The van der Waals surface area contributed by atoms with Gasteiger partial charge in [0.05, 0.1) is 5.71 Å². The lowest BCUT2D eigenvalue weighted by molar-refractivity contribution is 0.213. The second-order valence-corrected chi connectivity index (χ2v) is 6.24. The Morgan fingerprint density at radius 3 is 2.38 bits per heavy atom. The average molecular weight is 320 g/mol. The van der Waals surface area contributed by atoms with Crippen molar-refractivity contribution in [2.24, 2.45) is 5.16 Å². The van der Waals surface area contributed by atoms with Gasteiger partial charge < -0.3 is 4.84 Å². The maximum atomic E-state index is 5.92. The highest BCUT2D eigenvalue weighted by Crippen LogP contribution is 2.20. The van der Waals surface area contributed by atoms with Gasteiger partial charge in [0.25, 0.3) is 0 Å². The fourth-order valence-electron chi connectivity index (χ4n) is 1.90. The van der Waals surface area contributed by atoms with E-state index in [0.717, 1.165) is 28.5 Å². The number of halogens is 1. The lowest BCUT2D eigenvalue weighted by Crippen LogP contribution is -2.03. The van der Waals surface area contributed by atoms with Crippen LogP contribution in [0.3, 0.4) is 0 Å². The van der Waals surface area contributed by atoms with Gasteiger partial charge in [-0.1, -0.05) is 46.6 Å². The summed E-state index contributed by atoms with van der Waals surface area (Å²) in [6.45, 7) is 2.10. The molecule has 0 atom stereocenters. The molecule has 0 aliphatic carbocycles. The molecule has 2 nitrogen and oxygen atoms in total. The molecule has 2 aromatic rings. The van der Waals surface area contributed by atoms with E-state index in [1.807, 2.05) is 36.0 Å². The second-order valence-electron chi connectivity index (χ2n) is 4.64. The van der Waals surface area contributed by atoms with Gasteiger partial charge in [0.2, 0.25) is 0 Å². The third kappa shape index (κ3) is 5.10. The van der Waals surface area contributed by atoms with Crippen LogP contribution in [0.1, 0.15) is 17.5 Å². The van der Waals surface area contributed by atoms with Crippen LogP contribution >= 0.6 is 23.4 Å². The van der Waals surface area contributed by atoms with E-state index in [2.05, 4.69) is 36.3 Å². The van der Waals surface area contributed by atoms with Crippen LogP contribution in [0.25, 0.3) is 0 Å². The molecule has 4 heteroatoms. The van der Waals surface area contributed by atoms with E-state index < -0.39 is 0 Å². The third-order valence-electron chi connectivity index (χ3n) is 3.01. The van der Waals surface area contributed by atoms with Crippen molar-refractivity contribution in [1.29, 1.82) is 0 Å². The van der Waals surface area contributed by atoms with E-state index in [0.29, 0.717) is 0 Å². The van der Waals surface area contributed by atoms with Gasteiger partial charge in [0, 0.05) is 22.1 Å². The molecule has 2 aromatic carbocycles. The monoisotopic (exact) mass is 319 g/mol. The lowest BCUT2D eigenvalue weighted by atomic mass is 10.1. The summed E-state index contributed by atoms with van der Waals surface area (Å²) in [5.74, 6) is 0.952. The number of hydrogen-bond acceptors (Lipinski definition) is 3. The molecule has 0 unspecified atom stereocenters. The summed E-state index contributed by atoms with van der Waals surface area (Å²) < 4.78 is 0. The van der Waals surface area contributed by atoms with Crippen LogP contribution in [-0.2, 0) is 4.84 Å². The van der Waals surface area contributed by atoms with Crippen molar-refractivity contribution >= 4 is 29.1 Å². The van der Waals surface area contributed by atoms with Crippen molar-refractivity contribution in [2.75, 3.05) is 12.9 Å². The Morgan fingerprint density at radius 2 is 1.76 bits per heavy atom. The number of oxime groups is 1. The van der Waals surface area contributed by atoms with Crippen LogP contribution in [0.2, 0.25) is 5.02 Å². The van der Waals surface area contributed by atoms with Gasteiger partial charge in [-0.25, -0.2) is 0 Å². The third-order valence-corrected chi connectivity index (χ3v) is 4.27. The molecule has 2 rings (SSSR count). The molecule has 0 amide bonds. The zero-order valence-corrected chi connectivity index (χ0v) is 13.7. The minimum atomic E-state index is 0.726. The van der Waals surface area contributed by atoms with Crippen molar-refractivity contribution in [2.45, 2.75) is 18.2 Å². The Morgan fingerprint density at radius 1 is 1.10 bits per heavy atom. The van der Waals surface area contributed by atoms with E-state index in [9.17, 15) is 0 Å². The maximum Gasteiger partial charge on any atom is 0.106 e. The van der Waals surface area contributed by atoms with E-state index in [1.54, 1.807) is 7.11 Å². The van der Waals surface area contributed by atoms with Crippen LogP contribution in [0.15, 0.2) is 58.6 Å². The van der Waals surface area contributed by atoms with Crippen molar-refractivity contribution in [3.63, 3.8) is 0 Å². The molecule has 0 radical (unpaired) electrons. The fourth-order valence-corrected chi connectivity index (χ4v) is 2.88. The van der Waals surface area contributed by atoms with Crippen LogP contribution in [0, 0.1) is 6.92 Å². The van der Waals surface area contributed by atoms with Gasteiger partial charge in [-0.2, -0.15) is 0 Å². The normalized spacial score (nSPS) is 11.5. The Bertz CT molecular complexity index is 593. The molecule has 0 aliphatic rings. The van der Waals surface area contributed by atoms with Gasteiger partial charge in [0.15, 0.2) is 0 Å². The number of aryl methyl sites for hydroxylation is 1. The molecule has 0 aromatic heterocycles. The van der Waals surface area contributed by atoms with Crippen LogP contribution in [0.5, 0.6) is 0 Å². The number of nitrogens with zero attached hydrogens (tertiary/aromatic N) is 1. The molecular weight excluding hydrogens is 302 g/mol. The molecule has 0 heterocycles. The molecule has 0 aliphatic heterocycles. The Balaban J connectivity index is 1.96. The van der Waals surface area contributed by atoms with Crippen molar-refractivity contribution < 1.29 is 4.84 Å². The predicted molar refractivity (Wildman–Crippen MR) is 91.5 cm³/mol. The van der Waals surface area contributed by atoms with Gasteiger partial charge in [-0.05, 0) is 36.8 Å². The highest BCUT2D eigenvalue weighted by Gasteiger charge is 2.05. The van der Waals surface area contributed by atoms with Crippen LogP contribution in [0.4, 0.5) is 0 Å². The smallest absolute Gasteiger partial charge is 0.106 e. The van der Waals surface area contributed by atoms with Gasteiger partial charge in [-0.3, -0.25) is 0 Å². The Kier molecular flexibility index (Phi) is 6.15. The summed E-state index contributed by atoms with van der Waals surface area (Å²) in [4.78, 5) is 6.22.